The number of carbonyl (C=O) groups is 2. The van der Waals surface area contributed by atoms with Gasteiger partial charge in [0.1, 0.15) is 11.4 Å². The molecule has 11 nitrogen and oxygen atoms in total. The Bertz CT molecular complexity index is 1210. The molecule has 0 aliphatic carbocycles. The third-order valence-electron chi connectivity index (χ3n) is 5.33. The lowest BCUT2D eigenvalue weighted by Crippen LogP contribution is -2.68. The van der Waals surface area contributed by atoms with Crippen molar-refractivity contribution in [3.05, 3.63) is 60.0 Å². The van der Waals surface area contributed by atoms with Gasteiger partial charge in [-0.05, 0) is 28.1 Å². The molecule has 0 radical (unpaired) electrons. The van der Waals surface area contributed by atoms with E-state index in [9.17, 15) is 14.7 Å². The number of carboxylic acids is 1. The largest absolute Gasteiger partial charge is 0.543 e. The van der Waals surface area contributed by atoms with Crippen molar-refractivity contribution in [3.8, 4) is 0 Å². The van der Waals surface area contributed by atoms with E-state index in [1.807, 2.05) is 41.2 Å². The van der Waals surface area contributed by atoms with Crippen LogP contribution in [-0.2, 0) is 23.2 Å². The minimum atomic E-state index is -1.35. The number of rotatable bonds is 8. The summed E-state index contributed by atoms with van der Waals surface area (Å²) in [5.74, 6) is 0.0359. The van der Waals surface area contributed by atoms with E-state index in [0.717, 1.165) is 11.4 Å². The number of pyridine rings is 1. The molecule has 170 valence electrons. The van der Waals surface area contributed by atoms with E-state index in [1.165, 1.54) is 33.1 Å². The molecule has 2 aliphatic rings. The van der Waals surface area contributed by atoms with Gasteiger partial charge < -0.3 is 19.6 Å². The molecule has 3 aromatic rings. The molecule has 1 amide bonds. The van der Waals surface area contributed by atoms with E-state index in [2.05, 4.69) is 20.8 Å². The average Bonchev–Trinajstić information content (AvgIpc) is 3.47. The summed E-state index contributed by atoms with van der Waals surface area (Å²) in [4.78, 5) is 26.1. The van der Waals surface area contributed by atoms with Crippen LogP contribution in [-0.4, -0.2) is 59.9 Å². The van der Waals surface area contributed by atoms with E-state index in [-0.39, 0.29) is 17.0 Å². The number of tetrazole rings is 1. The molecule has 1 saturated heterocycles. The molecule has 5 heterocycles. The lowest BCUT2D eigenvalue weighted by molar-refractivity contribution is -0.689. The number of β-lactam (4-membered cyclic amide) rings is 1. The van der Waals surface area contributed by atoms with Crippen molar-refractivity contribution in [1.82, 2.24) is 25.1 Å². The first-order valence-corrected chi connectivity index (χ1v) is 12.1. The standard InChI is InChI=1S/C20H19N7O4S2/c1-25-20(22-23-24-25)33-11-12-10-32-18-15(17(28)27(18)16(12)19(29)30)21-13-4-6-26(7-5-13)9-14-3-2-8-31-14/h2-8,15,18H,9-11H2,1H3,(H,29,30)/t15-,18-/m1/s1. The number of hydrogen-bond donors (Lipinski definition) is 1. The van der Waals surface area contributed by atoms with E-state index >= 15 is 0 Å². The van der Waals surface area contributed by atoms with Gasteiger partial charge in [0, 0.05) is 36.4 Å². The Morgan fingerprint density at radius 2 is 2.21 bits per heavy atom. The molecule has 13 heteroatoms. The third-order valence-corrected chi connectivity index (χ3v) is 7.77. The maximum absolute atomic E-state index is 12.9. The number of nitrogens with one attached hydrogen (secondary N) is 1. The zero-order valence-corrected chi connectivity index (χ0v) is 19.1. The van der Waals surface area contributed by atoms with Crippen LogP contribution in [0.2, 0.25) is 0 Å². The summed E-state index contributed by atoms with van der Waals surface area (Å²) in [6, 6.07) is 6.98. The van der Waals surface area contributed by atoms with Crippen molar-refractivity contribution >= 4 is 41.1 Å². The van der Waals surface area contributed by atoms with Crippen molar-refractivity contribution in [2.45, 2.75) is 23.1 Å². The van der Waals surface area contributed by atoms with Gasteiger partial charge in [-0.25, -0.2) is 4.68 Å². The maximum atomic E-state index is 12.9. The molecule has 0 spiro atoms. The topological polar surface area (TPSA) is 133 Å². The predicted octanol–water partition coefficient (Wildman–Crippen LogP) is -0.369. The number of aromatic nitrogens is 5. The third kappa shape index (κ3) is 4.20. The number of amides is 1. The van der Waals surface area contributed by atoms with E-state index in [0.29, 0.717) is 28.8 Å². The number of furan rings is 1. The van der Waals surface area contributed by atoms with Gasteiger partial charge in [-0.3, -0.25) is 9.69 Å². The number of anilines is 1. The highest BCUT2D eigenvalue weighted by Gasteiger charge is 2.52. The lowest BCUT2D eigenvalue weighted by atomic mass is 10.0. The van der Waals surface area contributed by atoms with Gasteiger partial charge in [-0.1, -0.05) is 11.8 Å². The molecule has 1 fully saturated rings. The molecule has 5 rings (SSSR count). The number of nitrogens with zero attached hydrogens (tertiary/aromatic N) is 6. The molecule has 0 saturated carbocycles. The van der Waals surface area contributed by atoms with E-state index in [1.54, 1.807) is 13.3 Å². The van der Waals surface area contributed by atoms with Gasteiger partial charge in [-0.2, -0.15) is 4.57 Å². The van der Waals surface area contributed by atoms with Gasteiger partial charge in [0.25, 0.3) is 5.91 Å². The van der Waals surface area contributed by atoms with E-state index < -0.39 is 12.0 Å². The van der Waals surface area contributed by atoms with Crippen LogP contribution in [0, 0.1) is 0 Å². The van der Waals surface area contributed by atoms with Crippen molar-refractivity contribution in [1.29, 1.82) is 0 Å². The summed E-state index contributed by atoms with van der Waals surface area (Å²) >= 11 is 2.84. The second-order valence-electron chi connectivity index (χ2n) is 7.48. The monoisotopic (exact) mass is 485 g/mol. The Labute approximate surface area is 196 Å². The molecule has 0 unspecified atom stereocenters. The fourth-order valence-electron chi connectivity index (χ4n) is 3.70. The van der Waals surface area contributed by atoms with Crippen LogP contribution in [0.1, 0.15) is 5.76 Å². The average molecular weight is 486 g/mol. The Balaban J connectivity index is 1.26. The van der Waals surface area contributed by atoms with Crippen LogP contribution >= 0.6 is 23.5 Å². The smallest absolute Gasteiger partial charge is 0.253 e. The van der Waals surface area contributed by atoms with Gasteiger partial charge in [-0.15, -0.1) is 16.9 Å². The second kappa shape index (κ2) is 8.90. The number of aliphatic carboxylic acids is 1. The highest BCUT2D eigenvalue weighted by molar-refractivity contribution is 8.01. The first-order valence-electron chi connectivity index (χ1n) is 10.0. The number of aryl methyl sites for hydroxylation is 1. The van der Waals surface area contributed by atoms with Crippen LogP contribution in [0.25, 0.3) is 0 Å². The summed E-state index contributed by atoms with van der Waals surface area (Å²) in [6.07, 6.45) is 5.42. The highest BCUT2D eigenvalue weighted by atomic mass is 32.2. The number of hydrogen-bond acceptors (Lipinski definition) is 10. The quantitative estimate of drug-likeness (QED) is 0.256. The van der Waals surface area contributed by atoms with Crippen LogP contribution < -0.4 is 15.0 Å². The predicted molar refractivity (Wildman–Crippen MR) is 117 cm³/mol. The molecule has 33 heavy (non-hydrogen) atoms. The summed E-state index contributed by atoms with van der Waals surface area (Å²) < 4.78 is 8.82. The normalized spacial score (nSPS) is 19.9. The van der Waals surface area contributed by atoms with Crippen molar-refractivity contribution in [2.24, 2.45) is 7.05 Å². The SMILES string of the molecule is Cn1nnnc1SCC1=C(C(=O)[O-])N2C(=O)[C@@H](Nc3cc[n+](Cc4ccco4)cc3)[C@H]2SC1. The Morgan fingerprint density at radius 1 is 1.39 bits per heavy atom. The Morgan fingerprint density at radius 3 is 2.88 bits per heavy atom. The first-order chi connectivity index (χ1) is 16.0. The van der Waals surface area contributed by atoms with Crippen molar-refractivity contribution < 1.29 is 23.7 Å². The van der Waals surface area contributed by atoms with Crippen LogP contribution in [0.3, 0.4) is 0 Å². The van der Waals surface area contributed by atoms with Crippen LogP contribution in [0.5, 0.6) is 0 Å². The molecule has 0 aromatic carbocycles. The van der Waals surface area contributed by atoms with Gasteiger partial charge in [0.15, 0.2) is 18.2 Å². The number of fused-ring (bicyclic) bond motifs is 1. The maximum Gasteiger partial charge on any atom is 0.253 e. The minimum absolute atomic E-state index is 0.0474. The second-order valence-corrected chi connectivity index (χ2v) is 9.53. The Kier molecular flexibility index (Phi) is 5.81. The number of carboxylic acid groups (broad SMARTS) is 1. The molecule has 3 aromatic heterocycles. The van der Waals surface area contributed by atoms with Crippen LogP contribution in [0.15, 0.2) is 63.8 Å². The molecule has 2 aliphatic heterocycles. The summed E-state index contributed by atoms with van der Waals surface area (Å²) in [5, 5.41) is 26.6. The number of carbonyl (C=O) groups excluding carboxylic acids is 2. The number of thioether (sulfide) groups is 2. The molecular weight excluding hydrogens is 466 g/mol. The van der Waals surface area contributed by atoms with Gasteiger partial charge in [0.2, 0.25) is 11.7 Å². The first kappa shape index (κ1) is 21.5. The molecule has 1 N–H and O–H groups in total. The lowest BCUT2D eigenvalue weighted by Gasteiger charge is -2.51. The van der Waals surface area contributed by atoms with Crippen LogP contribution in [0.4, 0.5) is 5.69 Å². The Hall–Kier alpha value is -3.32. The molecule has 0 bridgehead atoms. The van der Waals surface area contributed by atoms with Crippen molar-refractivity contribution in [3.63, 3.8) is 0 Å². The molecular formula is C20H19N7O4S2. The summed E-state index contributed by atoms with van der Waals surface area (Å²) in [6.45, 7) is 0.604. The van der Waals surface area contributed by atoms with Gasteiger partial charge in [0.05, 0.1) is 17.9 Å². The summed E-state index contributed by atoms with van der Waals surface area (Å²) in [5.41, 5.74) is 1.35. The summed E-state index contributed by atoms with van der Waals surface area (Å²) in [7, 11) is 1.71. The van der Waals surface area contributed by atoms with E-state index in [4.69, 9.17) is 4.42 Å². The van der Waals surface area contributed by atoms with Gasteiger partial charge >= 0.3 is 0 Å². The zero-order chi connectivity index (χ0) is 22.9. The highest BCUT2D eigenvalue weighted by Crippen LogP contribution is 2.42. The molecule has 2 atom stereocenters. The fraction of sp³-hybridized carbons (Fsp3) is 0.300. The fourth-order valence-corrected chi connectivity index (χ4v) is 6.03. The van der Waals surface area contributed by atoms with Crippen molar-refractivity contribution in [2.75, 3.05) is 16.8 Å². The minimum Gasteiger partial charge on any atom is -0.543 e. The zero-order valence-electron chi connectivity index (χ0n) is 17.5.